The minimum absolute atomic E-state index is 0.160. The molecule has 6 heteroatoms. The van der Waals surface area contributed by atoms with Gasteiger partial charge in [0.15, 0.2) is 0 Å². The first-order valence-electron chi connectivity index (χ1n) is 9.10. The van der Waals surface area contributed by atoms with E-state index in [0.717, 1.165) is 5.56 Å². The summed E-state index contributed by atoms with van der Waals surface area (Å²) in [4.78, 5) is 38.4. The van der Waals surface area contributed by atoms with Crippen molar-refractivity contribution in [2.75, 3.05) is 25.0 Å². The average Bonchev–Trinajstić information content (AvgIpc) is 2.61. The highest BCUT2D eigenvalue weighted by molar-refractivity contribution is 6.39. The number of ether oxygens (including phenoxy) is 1. The Morgan fingerprint density at radius 2 is 1.92 bits per heavy atom. The molecule has 1 heterocycles. The van der Waals surface area contributed by atoms with E-state index in [1.54, 1.807) is 13.0 Å². The van der Waals surface area contributed by atoms with Gasteiger partial charge < -0.3 is 15.0 Å². The average molecular weight is 360 g/mol. The lowest BCUT2D eigenvalue weighted by Gasteiger charge is -2.31. The lowest BCUT2D eigenvalue weighted by atomic mass is 9.86. The molecule has 1 N–H and O–H groups in total. The molecule has 0 bridgehead atoms. The van der Waals surface area contributed by atoms with Crippen LogP contribution in [0, 0.1) is 5.92 Å². The molecule has 1 aromatic carbocycles. The number of carbonyl (C=O) groups is 3. The topological polar surface area (TPSA) is 75.7 Å². The van der Waals surface area contributed by atoms with Gasteiger partial charge in [0.05, 0.1) is 12.5 Å². The van der Waals surface area contributed by atoms with Crippen LogP contribution in [0.1, 0.15) is 46.1 Å². The second kappa shape index (κ2) is 8.34. The van der Waals surface area contributed by atoms with Crippen molar-refractivity contribution in [3.05, 3.63) is 29.8 Å². The van der Waals surface area contributed by atoms with Gasteiger partial charge in [0.2, 0.25) is 0 Å². The quantitative estimate of drug-likeness (QED) is 0.664. The highest BCUT2D eigenvalue weighted by Crippen LogP contribution is 2.29. The molecule has 1 saturated heterocycles. The smallest absolute Gasteiger partial charge is 0.313 e. The van der Waals surface area contributed by atoms with Gasteiger partial charge >= 0.3 is 17.8 Å². The van der Waals surface area contributed by atoms with E-state index in [4.69, 9.17) is 4.74 Å². The summed E-state index contributed by atoms with van der Waals surface area (Å²) in [5.41, 5.74) is 1.44. The number of para-hydroxylation sites is 1. The normalized spacial score (nSPS) is 17.5. The van der Waals surface area contributed by atoms with Crippen molar-refractivity contribution in [2.45, 2.75) is 46.0 Å². The van der Waals surface area contributed by atoms with Crippen molar-refractivity contribution in [3.63, 3.8) is 0 Å². The summed E-state index contributed by atoms with van der Waals surface area (Å²) in [6.45, 7) is 8.92. The summed E-state index contributed by atoms with van der Waals surface area (Å²) >= 11 is 0. The van der Waals surface area contributed by atoms with Crippen LogP contribution in [0.3, 0.4) is 0 Å². The number of nitrogens with zero attached hydrogens (tertiary/aromatic N) is 1. The van der Waals surface area contributed by atoms with Crippen LogP contribution in [0.25, 0.3) is 0 Å². The molecule has 1 aromatic rings. The van der Waals surface area contributed by atoms with E-state index in [-0.39, 0.29) is 23.8 Å². The number of nitrogens with one attached hydrogen (secondary N) is 1. The summed E-state index contributed by atoms with van der Waals surface area (Å²) in [6, 6.07) is 7.47. The number of rotatable bonds is 3. The first-order chi connectivity index (χ1) is 12.2. The van der Waals surface area contributed by atoms with E-state index < -0.39 is 11.8 Å². The Bertz CT molecular complexity index is 679. The number of amides is 2. The predicted octanol–water partition coefficient (Wildman–Crippen LogP) is 2.72. The van der Waals surface area contributed by atoms with Crippen LogP contribution in [-0.2, 0) is 24.5 Å². The zero-order valence-corrected chi connectivity index (χ0v) is 16.0. The minimum atomic E-state index is -0.675. The largest absolute Gasteiger partial charge is 0.466 e. The number of piperidine rings is 1. The van der Waals surface area contributed by atoms with Gasteiger partial charge in [0.25, 0.3) is 0 Å². The molecule has 0 radical (unpaired) electrons. The fourth-order valence-electron chi connectivity index (χ4n) is 3.18. The van der Waals surface area contributed by atoms with E-state index in [1.165, 1.54) is 4.90 Å². The van der Waals surface area contributed by atoms with Gasteiger partial charge in [-0.2, -0.15) is 0 Å². The van der Waals surface area contributed by atoms with E-state index in [9.17, 15) is 14.4 Å². The van der Waals surface area contributed by atoms with Gasteiger partial charge in [-0.15, -0.1) is 0 Å². The minimum Gasteiger partial charge on any atom is -0.466 e. The zero-order chi connectivity index (χ0) is 19.3. The van der Waals surface area contributed by atoms with Crippen LogP contribution in [0.4, 0.5) is 5.69 Å². The van der Waals surface area contributed by atoms with Crippen molar-refractivity contribution in [2.24, 2.45) is 5.92 Å². The van der Waals surface area contributed by atoms with E-state index in [0.29, 0.717) is 31.7 Å². The third-order valence-electron chi connectivity index (χ3n) is 4.51. The molecule has 1 aliphatic heterocycles. The number of esters is 1. The molecule has 0 aromatic heterocycles. The van der Waals surface area contributed by atoms with Crippen LogP contribution < -0.4 is 5.32 Å². The van der Waals surface area contributed by atoms with Crippen LogP contribution in [-0.4, -0.2) is 42.4 Å². The Balaban J connectivity index is 2.06. The number of likely N-dealkylation sites (tertiary alicyclic amines) is 1. The molecule has 2 amide bonds. The summed E-state index contributed by atoms with van der Waals surface area (Å²) in [7, 11) is 0. The molecular weight excluding hydrogens is 332 g/mol. The Labute approximate surface area is 154 Å². The van der Waals surface area contributed by atoms with Gasteiger partial charge in [0.1, 0.15) is 0 Å². The summed E-state index contributed by atoms with van der Waals surface area (Å²) in [5.74, 6) is -1.94. The van der Waals surface area contributed by atoms with E-state index in [2.05, 4.69) is 5.32 Å². The molecule has 26 heavy (non-hydrogen) atoms. The molecule has 6 nitrogen and oxygen atoms in total. The summed E-state index contributed by atoms with van der Waals surface area (Å²) in [6.07, 6.45) is 1.36. The molecule has 1 fully saturated rings. The third-order valence-corrected chi connectivity index (χ3v) is 4.51. The Hall–Kier alpha value is -2.37. The van der Waals surface area contributed by atoms with Gasteiger partial charge in [-0.1, -0.05) is 39.0 Å². The first-order valence-corrected chi connectivity index (χ1v) is 9.10. The van der Waals surface area contributed by atoms with Crippen LogP contribution >= 0.6 is 0 Å². The zero-order valence-electron chi connectivity index (χ0n) is 16.0. The molecule has 2 rings (SSSR count). The molecular formula is C20H28N2O4. The van der Waals surface area contributed by atoms with E-state index in [1.807, 2.05) is 39.0 Å². The van der Waals surface area contributed by atoms with Gasteiger partial charge in [-0.25, -0.2) is 0 Å². The monoisotopic (exact) mass is 360 g/mol. The Morgan fingerprint density at radius 3 is 2.58 bits per heavy atom. The van der Waals surface area contributed by atoms with Crippen LogP contribution in [0.2, 0.25) is 0 Å². The number of anilines is 1. The van der Waals surface area contributed by atoms with Crippen molar-refractivity contribution < 1.29 is 19.1 Å². The molecule has 1 atom stereocenters. The van der Waals surface area contributed by atoms with Gasteiger partial charge in [0, 0.05) is 18.8 Å². The number of hydrogen-bond acceptors (Lipinski definition) is 4. The first kappa shape index (κ1) is 19.9. The molecule has 0 spiro atoms. The highest BCUT2D eigenvalue weighted by atomic mass is 16.5. The van der Waals surface area contributed by atoms with E-state index >= 15 is 0 Å². The molecule has 0 aliphatic carbocycles. The maximum absolute atomic E-state index is 12.6. The van der Waals surface area contributed by atoms with Crippen molar-refractivity contribution in [3.8, 4) is 0 Å². The van der Waals surface area contributed by atoms with Crippen molar-refractivity contribution >= 4 is 23.5 Å². The fourth-order valence-corrected chi connectivity index (χ4v) is 3.18. The van der Waals surface area contributed by atoms with Gasteiger partial charge in [-0.05, 0) is 36.8 Å². The summed E-state index contributed by atoms with van der Waals surface area (Å²) in [5, 5.41) is 2.74. The maximum Gasteiger partial charge on any atom is 0.313 e. The number of benzene rings is 1. The highest BCUT2D eigenvalue weighted by Gasteiger charge is 2.32. The maximum atomic E-state index is 12.6. The Kier molecular flexibility index (Phi) is 6.40. The summed E-state index contributed by atoms with van der Waals surface area (Å²) < 4.78 is 5.04. The molecule has 142 valence electrons. The lowest BCUT2D eigenvalue weighted by Crippen LogP contribution is -2.47. The fraction of sp³-hybridized carbons (Fsp3) is 0.550. The van der Waals surface area contributed by atoms with Crippen LogP contribution in [0.5, 0.6) is 0 Å². The van der Waals surface area contributed by atoms with Gasteiger partial charge in [-0.3, -0.25) is 14.4 Å². The Morgan fingerprint density at radius 1 is 1.23 bits per heavy atom. The standard InChI is InChI=1S/C20H28N2O4/c1-5-26-19(25)14-9-8-12-22(13-14)18(24)17(23)21-16-11-7-6-10-15(16)20(2,3)4/h6-7,10-11,14H,5,8-9,12-13H2,1-4H3,(H,21,23)/t14-/m1/s1. The molecule has 1 aliphatic rings. The van der Waals surface area contributed by atoms with Crippen molar-refractivity contribution in [1.82, 2.24) is 4.90 Å². The second-order valence-corrected chi connectivity index (χ2v) is 7.59. The predicted molar refractivity (Wildman–Crippen MR) is 99.7 cm³/mol. The number of carbonyl (C=O) groups excluding carboxylic acids is 3. The SMILES string of the molecule is CCOC(=O)[C@@H]1CCCN(C(=O)C(=O)Nc2ccccc2C(C)(C)C)C1. The molecule has 0 unspecified atom stereocenters. The lowest BCUT2D eigenvalue weighted by molar-refractivity contribution is -0.153. The van der Waals surface area contributed by atoms with Crippen LogP contribution in [0.15, 0.2) is 24.3 Å². The van der Waals surface area contributed by atoms with Crippen molar-refractivity contribution in [1.29, 1.82) is 0 Å². The second-order valence-electron chi connectivity index (χ2n) is 7.59. The number of hydrogen-bond donors (Lipinski definition) is 1. The molecule has 0 saturated carbocycles. The third kappa shape index (κ3) is 4.84.